The molecule has 0 radical (unpaired) electrons. The van der Waals surface area contributed by atoms with Crippen molar-refractivity contribution in [3.63, 3.8) is 0 Å². The van der Waals surface area contributed by atoms with Gasteiger partial charge in [-0.05, 0) is 32.6 Å². The molecule has 1 atom stereocenters. The topological polar surface area (TPSA) is 93.7 Å². The van der Waals surface area contributed by atoms with Crippen molar-refractivity contribution in [1.82, 2.24) is 10.6 Å². The van der Waals surface area contributed by atoms with Gasteiger partial charge in [-0.25, -0.2) is 4.79 Å². The lowest BCUT2D eigenvalue weighted by atomic mass is 10.2. The van der Waals surface area contributed by atoms with Crippen LogP contribution in [0.4, 0.5) is 4.79 Å². The molecule has 0 heterocycles. The molecule has 0 aliphatic heterocycles. The van der Waals surface area contributed by atoms with Gasteiger partial charge >= 0.3 is 12.1 Å². The smallest absolute Gasteiger partial charge is 0.408 e. The van der Waals surface area contributed by atoms with Crippen molar-refractivity contribution in [3.05, 3.63) is 35.9 Å². The van der Waals surface area contributed by atoms with Gasteiger partial charge in [0.2, 0.25) is 5.91 Å². The Balaban J connectivity index is 2.43. The summed E-state index contributed by atoms with van der Waals surface area (Å²) < 4.78 is 10.2. The number of nitrogens with one attached hydrogen (secondary N) is 2. The lowest BCUT2D eigenvalue weighted by Crippen LogP contribution is -2.50. The van der Waals surface area contributed by atoms with Crippen molar-refractivity contribution in [2.24, 2.45) is 0 Å². The van der Waals surface area contributed by atoms with E-state index in [1.807, 2.05) is 36.6 Å². The summed E-state index contributed by atoms with van der Waals surface area (Å²) in [5.74, 6) is -0.673. The predicted octanol–water partition coefficient (Wildman–Crippen LogP) is 2.10. The molecule has 7 nitrogen and oxygen atoms in total. The molecule has 2 N–H and O–H groups in total. The van der Waals surface area contributed by atoms with Crippen LogP contribution in [0.2, 0.25) is 0 Å². The first-order valence-corrected chi connectivity index (χ1v) is 9.56. The molecule has 0 aromatic heterocycles. The molecule has 2 amide bonds. The number of ether oxygens (including phenoxy) is 2. The van der Waals surface area contributed by atoms with Crippen molar-refractivity contribution in [1.29, 1.82) is 0 Å². The number of alkyl carbamates (subject to hydrolysis) is 1. The van der Waals surface area contributed by atoms with Crippen molar-refractivity contribution in [2.45, 2.75) is 39.0 Å². The average molecular weight is 382 g/mol. The van der Waals surface area contributed by atoms with Crippen LogP contribution in [-0.4, -0.2) is 48.2 Å². The fraction of sp³-hybridized carbons (Fsp3) is 0.500. The average Bonchev–Trinajstić information content (AvgIpc) is 2.56. The normalized spacial score (nSPS) is 12.0. The minimum Gasteiger partial charge on any atom is -0.460 e. The molecule has 1 rings (SSSR count). The zero-order valence-electron chi connectivity index (χ0n) is 15.5. The first-order chi connectivity index (χ1) is 12.2. The van der Waals surface area contributed by atoms with Crippen LogP contribution < -0.4 is 10.6 Å². The molecule has 0 saturated carbocycles. The molecule has 0 unspecified atom stereocenters. The van der Waals surface area contributed by atoms with Crippen LogP contribution in [0, 0.1) is 0 Å². The fourth-order valence-electron chi connectivity index (χ4n) is 1.87. The molecule has 144 valence electrons. The second-order valence-corrected chi connectivity index (χ2v) is 7.43. The highest BCUT2D eigenvalue weighted by molar-refractivity contribution is 7.98. The van der Waals surface area contributed by atoms with Gasteiger partial charge in [-0.15, -0.1) is 0 Å². The Morgan fingerprint density at radius 1 is 1.15 bits per heavy atom. The molecule has 0 spiro atoms. The van der Waals surface area contributed by atoms with E-state index < -0.39 is 29.6 Å². The number of thioether (sulfide) groups is 1. The van der Waals surface area contributed by atoms with Crippen molar-refractivity contribution in [2.75, 3.05) is 18.6 Å². The maximum atomic E-state index is 12.2. The Kier molecular flexibility index (Phi) is 8.98. The van der Waals surface area contributed by atoms with Crippen LogP contribution in [0.5, 0.6) is 0 Å². The monoisotopic (exact) mass is 382 g/mol. The molecule has 0 fully saturated rings. The van der Waals surface area contributed by atoms with Gasteiger partial charge in [0.15, 0.2) is 0 Å². The van der Waals surface area contributed by atoms with E-state index in [4.69, 9.17) is 9.47 Å². The summed E-state index contributed by atoms with van der Waals surface area (Å²) in [6.07, 6.45) is 1.13. The van der Waals surface area contributed by atoms with E-state index in [1.165, 1.54) is 11.8 Å². The molecule has 0 aliphatic carbocycles. The van der Waals surface area contributed by atoms with Crippen LogP contribution in [0.15, 0.2) is 30.3 Å². The highest BCUT2D eigenvalue weighted by atomic mass is 32.2. The molecule has 1 aromatic carbocycles. The third-order valence-electron chi connectivity index (χ3n) is 2.99. The summed E-state index contributed by atoms with van der Waals surface area (Å²) in [5, 5.41) is 4.98. The van der Waals surface area contributed by atoms with Gasteiger partial charge in [-0.3, -0.25) is 9.59 Å². The summed E-state index contributed by atoms with van der Waals surface area (Å²) in [5.41, 5.74) is 0.199. The van der Waals surface area contributed by atoms with Gasteiger partial charge in [0.1, 0.15) is 24.8 Å². The third kappa shape index (κ3) is 9.31. The lowest BCUT2D eigenvalue weighted by molar-refractivity contribution is -0.145. The maximum absolute atomic E-state index is 12.2. The molecular formula is C18H26N2O5S. The van der Waals surface area contributed by atoms with Crippen molar-refractivity contribution >= 4 is 29.7 Å². The van der Waals surface area contributed by atoms with Gasteiger partial charge < -0.3 is 20.1 Å². The minimum absolute atomic E-state index is 0.139. The summed E-state index contributed by atoms with van der Waals surface area (Å²) >= 11 is 1.39. The lowest BCUT2D eigenvalue weighted by Gasteiger charge is -2.22. The summed E-state index contributed by atoms with van der Waals surface area (Å²) in [4.78, 5) is 35.8. The summed E-state index contributed by atoms with van der Waals surface area (Å²) in [6.45, 7) is 5.07. The Morgan fingerprint density at radius 3 is 2.38 bits per heavy atom. The molecule has 26 heavy (non-hydrogen) atoms. The van der Waals surface area contributed by atoms with E-state index >= 15 is 0 Å². The number of amides is 2. The zero-order valence-corrected chi connectivity index (χ0v) is 16.4. The number of esters is 1. The first-order valence-electron chi connectivity index (χ1n) is 8.17. The summed E-state index contributed by atoms with van der Waals surface area (Å²) in [6, 6.07) is 8.44. The Labute approximate surface area is 158 Å². The first kappa shape index (κ1) is 21.8. The molecule has 0 saturated heterocycles. The van der Waals surface area contributed by atoms with E-state index in [0.717, 1.165) is 5.56 Å². The van der Waals surface area contributed by atoms with Gasteiger partial charge in [-0.1, -0.05) is 30.3 Å². The molecule has 1 aromatic rings. The van der Waals surface area contributed by atoms with Crippen LogP contribution >= 0.6 is 11.8 Å². The van der Waals surface area contributed by atoms with Crippen LogP contribution in [0.3, 0.4) is 0 Å². The van der Waals surface area contributed by atoms with E-state index in [0.29, 0.717) is 5.75 Å². The number of hydrogen-bond donors (Lipinski definition) is 2. The molecule has 8 heteroatoms. The zero-order chi connectivity index (χ0) is 19.6. The van der Waals surface area contributed by atoms with Crippen LogP contribution in [-0.2, 0) is 25.7 Å². The standard InChI is InChI=1S/C18H26N2O5S/c1-18(2,3)25-17(23)20-14(12-26-4)16(22)19-10-15(21)24-11-13-8-6-5-7-9-13/h5-9,14H,10-12H2,1-4H3,(H,19,22)(H,20,23)/t14-/m0/s1. The third-order valence-corrected chi connectivity index (χ3v) is 3.66. The highest BCUT2D eigenvalue weighted by Crippen LogP contribution is 2.07. The van der Waals surface area contributed by atoms with Gasteiger partial charge in [0, 0.05) is 5.75 Å². The van der Waals surface area contributed by atoms with E-state index in [1.54, 1.807) is 20.8 Å². The molecule has 0 aliphatic rings. The minimum atomic E-state index is -0.804. The van der Waals surface area contributed by atoms with Gasteiger partial charge in [0.25, 0.3) is 0 Å². The second-order valence-electron chi connectivity index (χ2n) is 6.52. The highest BCUT2D eigenvalue weighted by Gasteiger charge is 2.24. The number of carbonyl (C=O) groups is 3. The quantitative estimate of drug-likeness (QED) is 0.669. The fourth-order valence-corrected chi connectivity index (χ4v) is 2.44. The Hall–Kier alpha value is -2.22. The van der Waals surface area contributed by atoms with Crippen molar-refractivity contribution in [3.8, 4) is 0 Å². The summed E-state index contributed by atoms with van der Waals surface area (Å²) in [7, 11) is 0. The van der Waals surface area contributed by atoms with E-state index in [-0.39, 0.29) is 13.2 Å². The van der Waals surface area contributed by atoms with E-state index in [9.17, 15) is 14.4 Å². The molecule has 0 bridgehead atoms. The Bertz CT molecular complexity index is 601. The SMILES string of the molecule is CSC[C@H](NC(=O)OC(C)(C)C)C(=O)NCC(=O)OCc1ccccc1. The Morgan fingerprint density at radius 2 is 1.81 bits per heavy atom. The van der Waals surface area contributed by atoms with Gasteiger partial charge in [0.05, 0.1) is 0 Å². The van der Waals surface area contributed by atoms with E-state index in [2.05, 4.69) is 10.6 Å². The number of rotatable bonds is 8. The number of hydrogen-bond acceptors (Lipinski definition) is 6. The predicted molar refractivity (Wildman–Crippen MR) is 101 cm³/mol. The molecular weight excluding hydrogens is 356 g/mol. The van der Waals surface area contributed by atoms with Gasteiger partial charge in [-0.2, -0.15) is 11.8 Å². The maximum Gasteiger partial charge on any atom is 0.408 e. The number of carbonyl (C=O) groups excluding carboxylic acids is 3. The van der Waals surface area contributed by atoms with Crippen LogP contribution in [0.1, 0.15) is 26.3 Å². The second kappa shape index (κ2) is 10.7. The largest absolute Gasteiger partial charge is 0.460 e. The van der Waals surface area contributed by atoms with Crippen LogP contribution in [0.25, 0.3) is 0 Å². The van der Waals surface area contributed by atoms with Crippen molar-refractivity contribution < 1.29 is 23.9 Å². The number of benzene rings is 1.